The summed E-state index contributed by atoms with van der Waals surface area (Å²) in [5.41, 5.74) is -2.16. The predicted molar refractivity (Wildman–Crippen MR) is 82.6 cm³/mol. The van der Waals surface area contributed by atoms with Crippen LogP contribution in [0, 0.1) is 5.92 Å². The number of rotatable bonds is 5. The van der Waals surface area contributed by atoms with E-state index in [0.29, 0.717) is 25.4 Å². The van der Waals surface area contributed by atoms with E-state index in [2.05, 4.69) is 0 Å². The average Bonchev–Trinajstić information content (AvgIpc) is 2.36. The first kappa shape index (κ1) is 18.7. The molecule has 0 aromatic rings. The smallest absolute Gasteiger partial charge is 0.410 e. The number of carboxylic acids is 1. The molecule has 1 amide bonds. The fraction of sp³-hybridized carbons (Fsp3) is 0.875. The third-order valence-corrected chi connectivity index (χ3v) is 3.91. The molecule has 0 saturated carbocycles. The Morgan fingerprint density at radius 2 is 1.91 bits per heavy atom. The Morgan fingerprint density at radius 3 is 2.45 bits per heavy atom. The lowest BCUT2D eigenvalue weighted by molar-refractivity contribution is -0.157. The van der Waals surface area contributed by atoms with E-state index in [-0.39, 0.29) is 12.5 Å². The molecule has 1 saturated heterocycles. The molecule has 0 bridgehead atoms. The number of hydrogen-bond donors (Lipinski definition) is 2. The summed E-state index contributed by atoms with van der Waals surface area (Å²) in [6.45, 7) is 8.21. The normalized spacial score (nSPS) is 22.0. The molecule has 1 aliphatic rings. The van der Waals surface area contributed by atoms with Crippen molar-refractivity contribution in [1.82, 2.24) is 4.90 Å². The summed E-state index contributed by atoms with van der Waals surface area (Å²) in [7, 11) is 0. The molecule has 2 atom stereocenters. The molecular formula is C16H29NO5. The lowest BCUT2D eigenvalue weighted by Gasteiger charge is -2.34. The zero-order valence-corrected chi connectivity index (χ0v) is 14.1. The molecule has 6 heteroatoms. The summed E-state index contributed by atoms with van der Waals surface area (Å²) in [4.78, 5) is 24.7. The Bertz CT molecular complexity index is 400. The summed E-state index contributed by atoms with van der Waals surface area (Å²) in [6.07, 6.45) is 3.34. The minimum Gasteiger partial charge on any atom is -0.479 e. The van der Waals surface area contributed by atoms with Crippen LogP contribution in [0.4, 0.5) is 4.79 Å². The minimum atomic E-state index is -1.67. The van der Waals surface area contributed by atoms with Gasteiger partial charge in [-0.05, 0) is 65.7 Å². The third kappa shape index (κ3) is 6.22. The zero-order valence-electron chi connectivity index (χ0n) is 14.1. The van der Waals surface area contributed by atoms with Gasteiger partial charge in [-0.1, -0.05) is 0 Å². The number of carboxylic acid groups (broad SMARTS) is 1. The van der Waals surface area contributed by atoms with Gasteiger partial charge in [-0.2, -0.15) is 0 Å². The number of likely N-dealkylation sites (tertiary alicyclic amines) is 1. The lowest BCUT2D eigenvalue weighted by Crippen LogP contribution is -2.43. The fourth-order valence-electron chi connectivity index (χ4n) is 2.63. The maximum atomic E-state index is 12.1. The second-order valence-electron chi connectivity index (χ2n) is 7.41. The van der Waals surface area contributed by atoms with Gasteiger partial charge in [-0.15, -0.1) is 0 Å². The van der Waals surface area contributed by atoms with Crippen LogP contribution in [0.2, 0.25) is 0 Å². The Hall–Kier alpha value is -1.30. The second-order valence-corrected chi connectivity index (χ2v) is 7.41. The molecule has 1 rings (SSSR count). The van der Waals surface area contributed by atoms with Crippen molar-refractivity contribution in [3.8, 4) is 0 Å². The van der Waals surface area contributed by atoms with Crippen molar-refractivity contribution < 1.29 is 24.5 Å². The highest BCUT2D eigenvalue weighted by Crippen LogP contribution is 2.25. The maximum absolute atomic E-state index is 12.1. The summed E-state index contributed by atoms with van der Waals surface area (Å²) >= 11 is 0. The molecule has 2 N–H and O–H groups in total. The summed E-state index contributed by atoms with van der Waals surface area (Å²) in [5.74, 6) is -0.850. The Kier molecular flexibility index (Phi) is 6.23. The van der Waals surface area contributed by atoms with Gasteiger partial charge >= 0.3 is 12.1 Å². The van der Waals surface area contributed by atoms with Crippen LogP contribution in [0.25, 0.3) is 0 Å². The van der Waals surface area contributed by atoms with Gasteiger partial charge in [-0.3, -0.25) is 0 Å². The average molecular weight is 315 g/mol. The van der Waals surface area contributed by atoms with Crippen molar-refractivity contribution in [3.05, 3.63) is 0 Å². The van der Waals surface area contributed by atoms with Crippen molar-refractivity contribution in [2.24, 2.45) is 5.92 Å². The highest BCUT2D eigenvalue weighted by atomic mass is 16.6. The van der Waals surface area contributed by atoms with E-state index in [1.165, 1.54) is 6.92 Å². The number of hydrogen-bond acceptors (Lipinski definition) is 4. The van der Waals surface area contributed by atoms with Crippen LogP contribution in [-0.2, 0) is 9.53 Å². The van der Waals surface area contributed by atoms with Crippen molar-refractivity contribution in [3.63, 3.8) is 0 Å². The van der Waals surface area contributed by atoms with Crippen LogP contribution in [-0.4, -0.2) is 51.5 Å². The molecule has 6 nitrogen and oxygen atoms in total. The maximum Gasteiger partial charge on any atom is 0.410 e. The minimum absolute atomic E-state index is 0.227. The number of aliphatic hydroxyl groups is 1. The van der Waals surface area contributed by atoms with Crippen LogP contribution in [0.1, 0.15) is 59.8 Å². The topological polar surface area (TPSA) is 87.1 Å². The molecule has 128 valence electrons. The van der Waals surface area contributed by atoms with Crippen LogP contribution >= 0.6 is 0 Å². The Labute approximate surface area is 132 Å². The zero-order chi connectivity index (χ0) is 17.0. The number of carbonyl (C=O) groups is 2. The van der Waals surface area contributed by atoms with Crippen molar-refractivity contribution in [1.29, 1.82) is 0 Å². The highest BCUT2D eigenvalue weighted by Gasteiger charge is 2.31. The van der Waals surface area contributed by atoms with Crippen LogP contribution in [0.3, 0.4) is 0 Å². The molecule has 22 heavy (non-hydrogen) atoms. The van der Waals surface area contributed by atoms with Gasteiger partial charge in [0.05, 0.1) is 0 Å². The Morgan fingerprint density at radius 1 is 1.27 bits per heavy atom. The highest BCUT2D eigenvalue weighted by molar-refractivity contribution is 5.76. The van der Waals surface area contributed by atoms with E-state index in [0.717, 1.165) is 19.3 Å². The van der Waals surface area contributed by atoms with E-state index in [9.17, 15) is 14.7 Å². The molecule has 0 aromatic heterocycles. The van der Waals surface area contributed by atoms with Gasteiger partial charge in [0.2, 0.25) is 0 Å². The van der Waals surface area contributed by atoms with E-state index in [1.807, 2.05) is 20.8 Å². The summed E-state index contributed by atoms with van der Waals surface area (Å²) in [6, 6.07) is 0. The molecule has 0 aliphatic carbocycles. The second kappa shape index (κ2) is 7.31. The quantitative estimate of drug-likeness (QED) is 0.814. The molecule has 0 radical (unpaired) electrons. The van der Waals surface area contributed by atoms with Gasteiger partial charge in [0, 0.05) is 13.1 Å². The summed E-state index contributed by atoms with van der Waals surface area (Å²) in [5, 5.41) is 18.6. The van der Waals surface area contributed by atoms with E-state index in [1.54, 1.807) is 4.90 Å². The van der Waals surface area contributed by atoms with Gasteiger partial charge in [0.25, 0.3) is 0 Å². The van der Waals surface area contributed by atoms with Crippen molar-refractivity contribution in [2.75, 3.05) is 13.1 Å². The van der Waals surface area contributed by atoms with Crippen LogP contribution < -0.4 is 0 Å². The molecule has 1 fully saturated rings. The molecule has 1 aliphatic heterocycles. The Balaban J connectivity index is 2.41. The monoisotopic (exact) mass is 315 g/mol. The molecular weight excluding hydrogens is 286 g/mol. The first-order valence-corrected chi connectivity index (χ1v) is 7.95. The van der Waals surface area contributed by atoms with Gasteiger partial charge in [-0.25, -0.2) is 9.59 Å². The van der Waals surface area contributed by atoms with Crippen LogP contribution in [0.15, 0.2) is 0 Å². The predicted octanol–water partition coefficient (Wildman–Crippen LogP) is 2.64. The fourth-order valence-corrected chi connectivity index (χ4v) is 2.63. The van der Waals surface area contributed by atoms with E-state index >= 15 is 0 Å². The molecule has 2 unspecified atom stereocenters. The standard InChI is InChI=1S/C16H29NO5/c1-15(2,3)22-14(20)17-10-6-8-12(11-17)7-5-9-16(4,21)13(18)19/h12,21H,5-11H2,1-4H3,(H,18,19). The number of nitrogens with zero attached hydrogens (tertiary/aromatic N) is 1. The third-order valence-electron chi connectivity index (χ3n) is 3.91. The molecule has 0 aromatic carbocycles. The number of carbonyl (C=O) groups excluding carboxylic acids is 1. The van der Waals surface area contributed by atoms with Crippen molar-refractivity contribution >= 4 is 12.1 Å². The summed E-state index contributed by atoms with van der Waals surface area (Å²) < 4.78 is 5.38. The molecule has 1 heterocycles. The molecule has 0 spiro atoms. The van der Waals surface area contributed by atoms with E-state index in [4.69, 9.17) is 9.84 Å². The SMILES string of the molecule is CC(C)(C)OC(=O)N1CCCC(CCCC(C)(O)C(=O)O)C1. The number of aliphatic carboxylic acids is 1. The van der Waals surface area contributed by atoms with E-state index < -0.39 is 17.2 Å². The first-order chi connectivity index (χ1) is 10.0. The van der Waals surface area contributed by atoms with Gasteiger partial charge in [0.15, 0.2) is 5.60 Å². The number of amides is 1. The number of piperidine rings is 1. The van der Waals surface area contributed by atoms with Crippen LogP contribution in [0.5, 0.6) is 0 Å². The van der Waals surface area contributed by atoms with Gasteiger partial charge < -0.3 is 19.8 Å². The lowest BCUT2D eigenvalue weighted by atomic mass is 9.90. The first-order valence-electron chi connectivity index (χ1n) is 7.95. The largest absolute Gasteiger partial charge is 0.479 e. The number of ether oxygens (including phenoxy) is 1. The van der Waals surface area contributed by atoms with Gasteiger partial charge in [0.1, 0.15) is 5.60 Å². The van der Waals surface area contributed by atoms with Crippen molar-refractivity contribution in [2.45, 2.75) is 71.0 Å².